The number of allylic oxidation sites excluding steroid dienone is 1. The van der Waals surface area contributed by atoms with Crippen molar-refractivity contribution in [1.82, 2.24) is 4.90 Å². The number of hydrogen-bond acceptors (Lipinski definition) is 1. The Morgan fingerprint density at radius 2 is 1.53 bits per heavy atom. The maximum absolute atomic E-state index is 2.50. The lowest BCUT2D eigenvalue weighted by atomic mass is 10.1. The summed E-state index contributed by atoms with van der Waals surface area (Å²) in [5.41, 5.74) is 1.58. The Kier molecular flexibility index (Phi) is 8.21. The van der Waals surface area contributed by atoms with Gasteiger partial charge in [0.05, 0.1) is 0 Å². The van der Waals surface area contributed by atoms with Gasteiger partial charge in [-0.1, -0.05) is 51.0 Å². The SMILES string of the molecule is CCCCCCCCC/C(C)=C/N1CCCC1. The van der Waals surface area contributed by atoms with Crippen LogP contribution in [0.2, 0.25) is 0 Å². The molecule has 1 aliphatic rings. The van der Waals surface area contributed by atoms with Crippen molar-refractivity contribution in [3.63, 3.8) is 0 Å². The van der Waals surface area contributed by atoms with Crippen molar-refractivity contribution in [2.24, 2.45) is 0 Å². The van der Waals surface area contributed by atoms with Crippen molar-refractivity contribution in [2.75, 3.05) is 13.1 Å². The molecule has 100 valence electrons. The Morgan fingerprint density at radius 3 is 2.18 bits per heavy atom. The van der Waals surface area contributed by atoms with E-state index in [4.69, 9.17) is 0 Å². The normalized spacial score (nSPS) is 16.8. The van der Waals surface area contributed by atoms with Crippen molar-refractivity contribution in [1.29, 1.82) is 0 Å². The summed E-state index contributed by atoms with van der Waals surface area (Å²) in [6.07, 6.45) is 16.4. The minimum Gasteiger partial charge on any atom is -0.377 e. The van der Waals surface area contributed by atoms with Crippen LogP contribution in [0.4, 0.5) is 0 Å². The second-order valence-corrected chi connectivity index (χ2v) is 5.59. The molecule has 1 aliphatic heterocycles. The maximum Gasteiger partial charge on any atom is 0.0173 e. The quantitative estimate of drug-likeness (QED) is 0.503. The number of nitrogens with zero attached hydrogens (tertiary/aromatic N) is 1. The van der Waals surface area contributed by atoms with E-state index < -0.39 is 0 Å². The van der Waals surface area contributed by atoms with Gasteiger partial charge in [-0.2, -0.15) is 0 Å². The van der Waals surface area contributed by atoms with Crippen LogP contribution in [0, 0.1) is 0 Å². The van der Waals surface area contributed by atoms with E-state index in [-0.39, 0.29) is 0 Å². The monoisotopic (exact) mass is 237 g/mol. The lowest BCUT2D eigenvalue weighted by Gasteiger charge is -2.13. The van der Waals surface area contributed by atoms with Crippen molar-refractivity contribution in [3.05, 3.63) is 11.8 Å². The molecule has 17 heavy (non-hydrogen) atoms. The van der Waals surface area contributed by atoms with Gasteiger partial charge in [-0.15, -0.1) is 0 Å². The van der Waals surface area contributed by atoms with E-state index in [0.29, 0.717) is 0 Å². The lowest BCUT2D eigenvalue weighted by molar-refractivity contribution is 0.461. The molecule has 0 spiro atoms. The largest absolute Gasteiger partial charge is 0.377 e. The first-order valence-corrected chi connectivity index (χ1v) is 7.74. The first-order chi connectivity index (χ1) is 8.33. The van der Waals surface area contributed by atoms with Gasteiger partial charge in [0.1, 0.15) is 0 Å². The number of rotatable bonds is 9. The van der Waals surface area contributed by atoms with Gasteiger partial charge in [-0.3, -0.25) is 0 Å². The highest BCUT2D eigenvalue weighted by atomic mass is 15.1. The summed E-state index contributed by atoms with van der Waals surface area (Å²) in [5, 5.41) is 0. The molecule has 1 fully saturated rings. The zero-order valence-electron chi connectivity index (χ0n) is 12.0. The van der Waals surface area contributed by atoms with Crippen molar-refractivity contribution < 1.29 is 0 Å². The minimum atomic E-state index is 1.29. The Labute approximate surface area is 108 Å². The third kappa shape index (κ3) is 7.46. The number of hydrogen-bond donors (Lipinski definition) is 0. The average Bonchev–Trinajstić information content (AvgIpc) is 2.80. The van der Waals surface area contributed by atoms with E-state index in [2.05, 4.69) is 24.9 Å². The van der Waals surface area contributed by atoms with Crippen LogP contribution in [-0.2, 0) is 0 Å². The molecule has 1 heterocycles. The van der Waals surface area contributed by atoms with Crippen molar-refractivity contribution in [2.45, 2.75) is 78.1 Å². The Hall–Kier alpha value is -0.460. The van der Waals surface area contributed by atoms with E-state index in [0.717, 1.165) is 0 Å². The van der Waals surface area contributed by atoms with Crippen molar-refractivity contribution in [3.8, 4) is 0 Å². The van der Waals surface area contributed by atoms with Gasteiger partial charge in [-0.05, 0) is 38.8 Å². The Bertz CT molecular complexity index is 202. The Balaban J connectivity index is 1.94. The molecule has 1 rings (SSSR count). The van der Waals surface area contributed by atoms with Crippen LogP contribution in [0.3, 0.4) is 0 Å². The van der Waals surface area contributed by atoms with E-state index >= 15 is 0 Å². The van der Waals surface area contributed by atoms with Crippen LogP contribution in [0.1, 0.15) is 78.1 Å². The second kappa shape index (κ2) is 9.56. The molecular weight excluding hydrogens is 206 g/mol. The van der Waals surface area contributed by atoms with E-state index in [1.165, 1.54) is 77.3 Å². The lowest BCUT2D eigenvalue weighted by Crippen LogP contribution is -2.11. The fourth-order valence-corrected chi connectivity index (χ4v) is 2.61. The fraction of sp³-hybridized carbons (Fsp3) is 0.875. The fourth-order valence-electron chi connectivity index (χ4n) is 2.61. The molecule has 0 bridgehead atoms. The van der Waals surface area contributed by atoms with E-state index in [1.54, 1.807) is 5.57 Å². The van der Waals surface area contributed by atoms with Crippen molar-refractivity contribution >= 4 is 0 Å². The first-order valence-electron chi connectivity index (χ1n) is 7.74. The molecule has 0 aromatic heterocycles. The van der Waals surface area contributed by atoms with Gasteiger partial charge in [0.15, 0.2) is 0 Å². The summed E-state index contributed by atoms with van der Waals surface area (Å²) in [7, 11) is 0. The third-order valence-electron chi connectivity index (χ3n) is 3.72. The number of likely N-dealkylation sites (tertiary alicyclic amines) is 1. The van der Waals surface area contributed by atoms with Crippen LogP contribution in [0.25, 0.3) is 0 Å². The van der Waals surface area contributed by atoms with Crippen LogP contribution >= 0.6 is 0 Å². The maximum atomic E-state index is 2.50. The summed E-state index contributed by atoms with van der Waals surface area (Å²) in [6, 6.07) is 0. The molecular formula is C16H31N. The van der Waals surface area contributed by atoms with Crippen LogP contribution in [0.15, 0.2) is 11.8 Å². The van der Waals surface area contributed by atoms with Gasteiger partial charge in [0, 0.05) is 13.1 Å². The van der Waals surface area contributed by atoms with E-state index in [9.17, 15) is 0 Å². The molecule has 0 amide bonds. The summed E-state index contributed by atoms with van der Waals surface area (Å²) in [6.45, 7) is 7.16. The summed E-state index contributed by atoms with van der Waals surface area (Å²) in [4.78, 5) is 2.50. The summed E-state index contributed by atoms with van der Waals surface area (Å²) >= 11 is 0. The molecule has 1 nitrogen and oxygen atoms in total. The van der Waals surface area contributed by atoms with Gasteiger partial charge in [0.25, 0.3) is 0 Å². The van der Waals surface area contributed by atoms with Crippen LogP contribution < -0.4 is 0 Å². The molecule has 0 radical (unpaired) electrons. The molecule has 0 atom stereocenters. The Morgan fingerprint density at radius 1 is 0.941 bits per heavy atom. The summed E-state index contributed by atoms with van der Waals surface area (Å²) in [5.74, 6) is 0. The topological polar surface area (TPSA) is 3.24 Å². The van der Waals surface area contributed by atoms with Crippen LogP contribution in [-0.4, -0.2) is 18.0 Å². The molecule has 1 saturated heterocycles. The minimum absolute atomic E-state index is 1.29. The zero-order valence-corrected chi connectivity index (χ0v) is 12.0. The molecule has 0 aliphatic carbocycles. The van der Waals surface area contributed by atoms with Gasteiger partial charge in [0.2, 0.25) is 0 Å². The van der Waals surface area contributed by atoms with Gasteiger partial charge in [-0.25, -0.2) is 0 Å². The second-order valence-electron chi connectivity index (χ2n) is 5.59. The molecule has 0 unspecified atom stereocenters. The van der Waals surface area contributed by atoms with Gasteiger partial charge < -0.3 is 4.90 Å². The van der Waals surface area contributed by atoms with Gasteiger partial charge >= 0.3 is 0 Å². The standard InChI is InChI=1S/C16H31N/c1-3-4-5-6-7-8-9-12-16(2)15-17-13-10-11-14-17/h15H,3-14H2,1-2H3/b16-15+. The average molecular weight is 237 g/mol. The molecule has 0 aromatic rings. The van der Waals surface area contributed by atoms with Crippen LogP contribution in [0.5, 0.6) is 0 Å². The highest BCUT2D eigenvalue weighted by Crippen LogP contribution is 2.15. The molecule has 0 saturated carbocycles. The predicted molar refractivity (Wildman–Crippen MR) is 77.2 cm³/mol. The smallest absolute Gasteiger partial charge is 0.0173 e. The highest BCUT2D eigenvalue weighted by Gasteiger charge is 2.07. The highest BCUT2D eigenvalue weighted by molar-refractivity contribution is 4.98. The van der Waals surface area contributed by atoms with E-state index in [1.807, 2.05) is 0 Å². The first kappa shape index (κ1) is 14.6. The summed E-state index contributed by atoms with van der Waals surface area (Å²) < 4.78 is 0. The zero-order chi connectivity index (χ0) is 12.3. The molecule has 1 heteroatoms. The number of unbranched alkanes of at least 4 members (excludes halogenated alkanes) is 6. The molecule has 0 aromatic carbocycles. The molecule has 0 N–H and O–H groups in total. The predicted octanol–water partition coefficient (Wildman–Crippen LogP) is 5.13. The third-order valence-corrected chi connectivity index (χ3v) is 3.72.